The SMILES string of the molecule is CCCCCc1ccnc(Cn2ccnc2)c1CCCCC. The van der Waals surface area contributed by atoms with E-state index in [0.717, 1.165) is 13.0 Å². The monoisotopic (exact) mass is 299 g/mol. The highest BCUT2D eigenvalue weighted by molar-refractivity contribution is 5.31. The molecule has 0 aliphatic rings. The fraction of sp³-hybridized carbons (Fsp3) is 0.579. The zero-order valence-electron chi connectivity index (χ0n) is 14.1. The molecule has 0 atom stereocenters. The van der Waals surface area contributed by atoms with Crippen LogP contribution in [0.25, 0.3) is 0 Å². The van der Waals surface area contributed by atoms with Gasteiger partial charge in [-0.05, 0) is 42.9 Å². The Morgan fingerprint density at radius 2 is 1.73 bits per heavy atom. The standard InChI is InChI=1S/C19H29N3/c1-3-5-7-9-17-11-12-21-19(15-22-14-13-20-16-22)18(17)10-8-6-4-2/h11-14,16H,3-10,15H2,1-2H3. The molecule has 0 unspecified atom stereocenters. The van der Waals surface area contributed by atoms with Crippen molar-refractivity contribution >= 4 is 0 Å². The number of unbranched alkanes of at least 4 members (excludes halogenated alkanes) is 4. The highest BCUT2D eigenvalue weighted by atomic mass is 15.0. The summed E-state index contributed by atoms with van der Waals surface area (Å²) in [5, 5.41) is 0. The van der Waals surface area contributed by atoms with Crippen LogP contribution in [0, 0.1) is 0 Å². The van der Waals surface area contributed by atoms with Crippen molar-refractivity contribution in [2.75, 3.05) is 0 Å². The molecule has 0 fully saturated rings. The molecule has 0 N–H and O–H groups in total. The van der Waals surface area contributed by atoms with Gasteiger partial charge in [0, 0.05) is 18.6 Å². The second-order valence-electron chi connectivity index (χ2n) is 6.04. The summed E-state index contributed by atoms with van der Waals surface area (Å²) in [5.41, 5.74) is 4.22. The minimum atomic E-state index is 0.836. The molecule has 0 aliphatic heterocycles. The third-order valence-electron chi connectivity index (χ3n) is 4.21. The van der Waals surface area contributed by atoms with Crippen molar-refractivity contribution in [1.82, 2.24) is 14.5 Å². The summed E-state index contributed by atoms with van der Waals surface area (Å²) in [6, 6.07) is 2.23. The van der Waals surface area contributed by atoms with E-state index in [4.69, 9.17) is 0 Å². The first-order chi connectivity index (χ1) is 10.8. The maximum absolute atomic E-state index is 4.67. The van der Waals surface area contributed by atoms with Crippen LogP contribution < -0.4 is 0 Å². The number of rotatable bonds is 10. The Kier molecular flexibility index (Phi) is 7.14. The van der Waals surface area contributed by atoms with Crippen LogP contribution in [0.4, 0.5) is 0 Å². The molecule has 2 heterocycles. The number of aryl methyl sites for hydroxylation is 1. The first-order valence-electron chi connectivity index (χ1n) is 8.76. The minimum Gasteiger partial charge on any atom is -0.331 e. The Morgan fingerprint density at radius 3 is 2.41 bits per heavy atom. The van der Waals surface area contributed by atoms with Crippen LogP contribution in [0.5, 0.6) is 0 Å². The quantitative estimate of drug-likeness (QED) is 0.590. The van der Waals surface area contributed by atoms with Crippen LogP contribution in [-0.4, -0.2) is 14.5 Å². The predicted octanol–water partition coefficient (Wildman–Crippen LogP) is 4.79. The number of pyridine rings is 1. The Balaban J connectivity index is 2.15. The lowest BCUT2D eigenvalue weighted by molar-refractivity contribution is 0.675. The van der Waals surface area contributed by atoms with Gasteiger partial charge in [0.15, 0.2) is 0 Å². The summed E-state index contributed by atoms with van der Waals surface area (Å²) in [4.78, 5) is 8.81. The molecule has 2 aromatic heterocycles. The largest absolute Gasteiger partial charge is 0.331 e. The fourth-order valence-corrected chi connectivity index (χ4v) is 2.93. The number of aromatic nitrogens is 3. The lowest BCUT2D eigenvalue weighted by Gasteiger charge is -2.14. The van der Waals surface area contributed by atoms with Crippen molar-refractivity contribution in [1.29, 1.82) is 0 Å². The molecule has 0 aromatic carbocycles. The average molecular weight is 299 g/mol. The van der Waals surface area contributed by atoms with Gasteiger partial charge in [-0.15, -0.1) is 0 Å². The van der Waals surface area contributed by atoms with Crippen molar-refractivity contribution in [3.63, 3.8) is 0 Å². The lowest BCUT2D eigenvalue weighted by atomic mass is 9.96. The highest BCUT2D eigenvalue weighted by Crippen LogP contribution is 2.19. The van der Waals surface area contributed by atoms with Crippen LogP contribution in [0.1, 0.15) is 69.2 Å². The molecule has 0 bridgehead atoms. The summed E-state index contributed by atoms with van der Waals surface area (Å²) in [7, 11) is 0. The normalized spacial score (nSPS) is 11.0. The molecule has 2 aromatic rings. The van der Waals surface area contributed by atoms with Gasteiger partial charge in [-0.1, -0.05) is 39.5 Å². The van der Waals surface area contributed by atoms with Crippen molar-refractivity contribution < 1.29 is 0 Å². The van der Waals surface area contributed by atoms with Crippen molar-refractivity contribution in [3.8, 4) is 0 Å². The first-order valence-corrected chi connectivity index (χ1v) is 8.76. The summed E-state index contributed by atoms with van der Waals surface area (Å²) < 4.78 is 2.11. The molecule has 3 nitrogen and oxygen atoms in total. The molecular formula is C19H29N3. The summed E-state index contributed by atoms with van der Waals surface area (Å²) in [6.45, 7) is 5.36. The number of hydrogen-bond acceptors (Lipinski definition) is 2. The van der Waals surface area contributed by atoms with Crippen molar-refractivity contribution in [3.05, 3.63) is 47.8 Å². The fourth-order valence-electron chi connectivity index (χ4n) is 2.93. The Hall–Kier alpha value is -1.64. The van der Waals surface area contributed by atoms with E-state index in [2.05, 4.69) is 34.4 Å². The van der Waals surface area contributed by atoms with E-state index in [1.54, 1.807) is 0 Å². The second kappa shape index (κ2) is 9.39. The zero-order valence-corrected chi connectivity index (χ0v) is 14.1. The molecule has 0 radical (unpaired) electrons. The second-order valence-corrected chi connectivity index (χ2v) is 6.04. The van der Waals surface area contributed by atoms with Gasteiger partial charge in [-0.25, -0.2) is 4.98 Å². The van der Waals surface area contributed by atoms with Crippen LogP contribution in [0.3, 0.4) is 0 Å². The molecular weight excluding hydrogens is 270 g/mol. The van der Waals surface area contributed by atoms with E-state index >= 15 is 0 Å². The summed E-state index contributed by atoms with van der Waals surface area (Å²) in [5.74, 6) is 0. The van der Waals surface area contributed by atoms with E-state index in [9.17, 15) is 0 Å². The topological polar surface area (TPSA) is 30.7 Å². The molecule has 120 valence electrons. The molecule has 3 heteroatoms. The van der Waals surface area contributed by atoms with E-state index in [-0.39, 0.29) is 0 Å². The Bertz CT molecular complexity index is 532. The molecule has 0 amide bonds. The summed E-state index contributed by atoms with van der Waals surface area (Å²) >= 11 is 0. The van der Waals surface area contributed by atoms with Gasteiger partial charge >= 0.3 is 0 Å². The van der Waals surface area contributed by atoms with Crippen molar-refractivity contribution in [2.45, 2.75) is 71.8 Å². The summed E-state index contributed by atoms with van der Waals surface area (Å²) in [6.07, 6.45) is 17.8. The average Bonchev–Trinajstić information content (AvgIpc) is 3.03. The van der Waals surface area contributed by atoms with Gasteiger partial charge in [0.05, 0.1) is 18.6 Å². The van der Waals surface area contributed by atoms with Crippen molar-refractivity contribution in [2.24, 2.45) is 0 Å². The maximum Gasteiger partial charge on any atom is 0.0949 e. The minimum absolute atomic E-state index is 0.836. The zero-order chi connectivity index (χ0) is 15.6. The lowest BCUT2D eigenvalue weighted by Crippen LogP contribution is -2.07. The number of nitrogens with zero attached hydrogens (tertiary/aromatic N) is 3. The molecule has 22 heavy (non-hydrogen) atoms. The molecule has 0 spiro atoms. The van der Waals surface area contributed by atoms with Gasteiger partial charge in [-0.2, -0.15) is 0 Å². The van der Waals surface area contributed by atoms with Crippen LogP contribution in [0.15, 0.2) is 31.0 Å². The van der Waals surface area contributed by atoms with Gasteiger partial charge < -0.3 is 4.57 Å². The third kappa shape index (κ3) is 4.97. The van der Waals surface area contributed by atoms with E-state index in [1.165, 1.54) is 61.8 Å². The molecule has 2 rings (SSSR count). The van der Waals surface area contributed by atoms with Crippen LogP contribution in [-0.2, 0) is 19.4 Å². The van der Waals surface area contributed by atoms with Gasteiger partial charge in [0.2, 0.25) is 0 Å². The van der Waals surface area contributed by atoms with Gasteiger partial charge in [-0.3, -0.25) is 4.98 Å². The van der Waals surface area contributed by atoms with Gasteiger partial charge in [0.25, 0.3) is 0 Å². The smallest absolute Gasteiger partial charge is 0.0949 e. The van der Waals surface area contributed by atoms with Crippen LogP contribution >= 0.6 is 0 Å². The first kappa shape index (κ1) is 16.7. The van der Waals surface area contributed by atoms with E-state index < -0.39 is 0 Å². The number of hydrogen-bond donors (Lipinski definition) is 0. The predicted molar refractivity (Wildman–Crippen MR) is 92.0 cm³/mol. The number of imidazole rings is 1. The van der Waals surface area contributed by atoms with Crippen LogP contribution in [0.2, 0.25) is 0 Å². The molecule has 0 saturated carbocycles. The highest BCUT2D eigenvalue weighted by Gasteiger charge is 2.10. The third-order valence-corrected chi connectivity index (χ3v) is 4.21. The molecule has 0 saturated heterocycles. The molecule has 0 aliphatic carbocycles. The Morgan fingerprint density at radius 1 is 0.955 bits per heavy atom. The van der Waals surface area contributed by atoms with E-state index in [0.29, 0.717) is 0 Å². The van der Waals surface area contributed by atoms with E-state index in [1.807, 2.05) is 24.9 Å². The Labute approximate surface area is 134 Å². The van der Waals surface area contributed by atoms with Gasteiger partial charge in [0.1, 0.15) is 0 Å². The maximum atomic E-state index is 4.67.